The maximum absolute atomic E-state index is 13.1. The molecular weight excluding hydrogens is 251 g/mol. The van der Waals surface area contributed by atoms with Gasteiger partial charge in [-0.2, -0.15) is 0 Å². The summed E-state index contributed by atoms with van der Waals surface area (Å²) in [5.41, 5.74) is -0.0467. The molecule has 0 aromatic heterocycles. The van der Waals surface area contributed by atoms with Crippen molar-refractivity contribution in [3.05, 3.63) is 34.1 Å². The van der Waals surface area contributed by atoms with E-state index < -0.39 is 11.6 Å². The zero-order chi connectivity index (χ0) is 10.7. The van der Waals surface area contributed by atoms with Crippen LogP contribution in [0.2, 0.25) is 0 Å². The molecule has 4 heteroatoms. The molecule has 0 heterocycles. The van der Waals surface area contributed by atoms with E-state index >= 15 is 0 Å². The highest BCUT2D eigenvalue weighted by Gasteiger charge is 2.13. The lowest BCUT2D eigenvalue weighted by Gasteiger charge is -2.01. The Morgan fingerprint density at radius 2 is 2.07 bits per heavy atom. The summed E-state index contributed by atoms with van der Waals surface area (Å²) in [6, 6.07) is 4.07. The number of rotatable bonds is 3. The number of benzene rings is 1. The van der Waals surface area contributed by atoms with E-state index in [1.54, 1.807) is 0 Å². The molecule has 0 saturated heterocycles. The summed E-state index contributed by atoms with van der Waals surface area (Å²) in [5, 5.41) is 0. The monoisotopic (exact) mass is 258 g/mol. The van der Waals surface area contributed by atoms with Gasteiger partial charge in [-0.25, -0.2) is 4.39 Å². The molecule has 0 radical (unpaired) electrons. The van der Waals surface area contributed by atoms with Crippen LogP contribution in [0.5, 0.6) is 0 Å². The van der Waals surface area contributed by atoms with Crippen LogP contribution in [0.25, 0.3) is 0 Å². The van der Waals surface area contributed by atoms with Crippen LogP contribution in [0.3, 0.4) is 0 Å². The van der Waals surface area contributed by atoms with Crippen LogP contribution >= 0.6 is 15.9 Å². The fourth-order valence-electron chi connectivity index (χ4n) is 1.03. The third kappa shape index (κ3) is 2.73. The molecule has 0 atom stereocenters. The topological polar surface area (TPSA) is 34.1 Å². The van der Waals surface area contributed by atoms with Gasteiger partial charge in [0.2, 0.25) is 0 Å². The van der Waals surface area contributed by atoms with E-state index in [1.165, 1.54) is 25.1 Å². The van der Waals surface area contributed by atoms with Gasteiger partial charge in [-0.1, -0.05) is 15.9 Å². The minimum atomic E-state index is -0.598. The number of hydrogen-bond acceptors (Lipinski definition) is 2. The van der Waals surface area contributed by atoms with Crippen molar-refractivity contribution in [2.75, 3.05) is 0 Å². The van der Waals surface area contributed by atoms with Gasteiger partial charge >= 0.3 is 0 Å². The normalized spacial score (nSPS) is 9.93. The molecule has 0 saturated carbocycles. The van der Waals surface area contributed by atoms with E-state index in [9.17, 15) is 14.0 Å². The highest BCUT2D eigenvalue weighted by Crippen LogP contribution is 2.16. The van der Waals surface area contributed by atoms with Crippen molar-refractivity contribution in [1.82, 2.24) is 0 Å². The van der Waals surface area contributed by atoms with Crippen LogP contribution in [-0.2, 0) is 4.79 Å². The predicted molar refractivity (Wildman–Crippen MR) is 53.7 cm³/mol. The fourth-order valence-corrected chi connectivity index (χ4v) is 1.39. The van der Waals surface area contributed by atoms with Gasteiger partial charge in [-0.15, -0.1) is 0 Å². The Balaban J connectivity index is 3.00. The Hall–Kier alpha value is -1.03. The van der Waals surface area contributed by atoms with E-state index in [0.29, 0.717) is 4.47 Å². The van der Waals surface area contributed by atoms with Gasteiger partial charge in [0.15, 0.2) is 5.78 Å². The second-order valence-corrected chi connectivity index (χ2v) is 3.84. The Morgan fingerprint density at radius 1 is 1.43 bits per heavy atom. The average Bonchev–Trinajstić information content (AvgIpc) is 2.08. The van der Waals surface area contributed by atoms with Gasteiger partial charge in [0, 0.05) is 4.47 Å². The van der Waals surface area contributed by atoms with E-state index in [-0.39, 0.29) is 17.8 Å². The van der Waals surface area contributed by atoms with Gasteiger partial charge in [0.05, 0.1) is 12.0 Å². The summed E-state index contributed by atoms with van der Waals surface area (Å²) < 4.78 is 13.7. The van der Waals surface area contributed by atoms with E-state index in [4.69, 9.17) is 0 Å². The molecule has 0 aliphatic heterocycles. The van der Waals surface area contributed by atoms with Gasteiger partial charge in [-0.3, -0.25) is 9.59 Å². The van der Waals surface area contributed by atoms with Crippen molar-refractivity contribution in [3.63, 3.8) is 0 Å². The first-order chi connectivity index (χ1) is 6.50. The first kappa shape index (κ1) is 11.0. The molecule has 0 unspecified atom stereocenters. The minimum Gasteiger partial charge on any atom is -0.300 e. The molecular formula is C10H8BrFO2. The Kier molecular flexibility index (Phi) is 3.52. The number of Topliss-reactive ketones (excluding diaryl/α,β-unsaturated/α-hetero) is 2. The summed E-state index contributed by atoms with van der Waals surface area (Å²) in [6.45, 7) is 1.30. The van der Waals surface area contributed by atoms with Crippen molar-refractivity contribution in [2.24, 2.45) is 0 Å². The van der Waals surface area contributed by atoms with Crippen molar-refractivity contribution in [1.29, 1.82) is 0 Å². The van der Waals surface area contributed by atoms with Crippen LogP contribution in [0.1, 0.15) is 23.7 Å². The van der Waals surface area contributed by atoms with Gasteiger partial charge in [0.1, 0.15) is 11.6 Å². The van der Waals surface area contributed by atoms with Crippen LogP contribution in [0.15, 0.2) is 22.7 Å². The molecule has 2 nitrogen and oxygen atoms in total. The van der Waals surface area contributed by atoms with Crippen molar-refractivity contribution >= 4 is 27.5 Å². The summed E-state index contributed by atoms with van der Waals surface area (Å²) in [7, 11) is 0. The largest absolute Gasteiger partial charge is 0.300 e. The fraction of sp³-hybridized carbons (Fsp3) is 0.200. The summed E-state index contributed by atoms with van der Waals surface area (Å²) >= 11 is 3.13. The van der Waals surface area contributed by atoms with Crippen LogP contribution in [0, 0.1) is 5.82 Å². The second-order valence-electron chi connectivity index (χ2n) is 2.93. The summed E-state index contributed by atoms with van der Waals surface area (Å²) in [5.74, 6) is -1.36. The maximum atomic E-state index is 13.1. The van der Waals surface area contributed by atoms with Crippen LogP contribution in [0.4, 0.5) is 4.39 Å². The molecule has 0 N–H and O–H groups in total. The molecule has 74 valence electrons. The highest BCUT2D eigenvalue weighted by molar-refractivity contribution is 9.10. The zero-order valence-electron chi connectivity index (χ0n) is 7.51. The van der Waals surface area contributed by atoms with Gasteiger partial charge in [0.25, 0.3) is 0 Å². The molecule has 0 aliphatic rings. The van der Waals surface area contributed by atoms with Crippen molar-refractivity contribution in [2.45, 2.75) is 13.3 Å². The zero-order valence-corrected chi connectivity index (χ0v) is 9.10. The van der Waals surface area contributed by atoms with Crippen LogP contribution in [-0.4, -0.2) is 11.6 Å². The smallest absolute Gasteiger partial charge is 0.173 e. The second kappa shape index (κ2) is 4.46. The van der Waals surface area contributed by atoms with Crippen LogP contribution < -0.4 is 0 Å². The number of ketones is 2. The predicted octanol–water partition coefficient (Wildman–Crippen LogP) is 2.75. The molecule has 0 bridgehead atoms. The molecule has 0 spiro atoms. The standard InChI is InChI=1S/C10H8BrFO2/c1-6(13)4-10(14)8-5-7(11)2-3-9(8)12/h2-3,5H,4H2,1H3. The number of hydrogen-bond donors (Lipinski definition) is 0. The lowest BCUT2D eigenvalue weighted by molar-refractivity contribution is -0.116. The minimum absolute atomic E-state index is 0.0467. The van der Waals surface area contributed by atoms with Crippen molar-refractivity contribution < 1.29 is 14.0 Å². The molecule has 0 aliphatic carbocycles. The third-order valence-corrected chi connectivity index (χ3v) is 2.13. The Morgan fingerprint density at radius 3 is 2.64 bits per heavy atom. The highest BCUT2D eigenvalue weighted by atomic mass is 79.9. The lowest BCUT2D eigenvalue weighted by Crippen LogP contribution is -2.07. The molecule has 1 aromatic rings. The Labute approximate surface area is 89.2 Å². The number of carbonyl (C=O) groups excluding carboxylic acids is 2. The lowest BCUT2D eigenvalue weighted by atomic mass is 10.1. The third-order valence-electron chi connectivity index (χ3n) is 1.64. The molecule has 0 fully saturated rings. The molecule has 1 aromatic carbocycles. The summed E-state index contributed by atoms with van der Waals surface area (Å²) in [4.78, 5) is 22.0. The molecule has 1 rings (SSSR count). The average molecular weight is 259 g/mol. The van der Waals surface area contributed by atoms with E-state index in [1.807, 2.05) is 0 Å². The van der Waals surface area contributed by atoms with Gasteiger partial charge in [-0.05, 0) is 25.1 Å². The maximum Gasteiger partial charge on any atom is 0.173 e. The first-order valence-corrected chi connectivity index (χ1v) is 4.77. The number of carbonyl (C=O) groups is 2. The van der Waals surface area contributed by atoms with E-state index in [0.717, 1.165) is 0 Å². The molecule has 14 heavy (non-hydrogen) atoms. The van der Waals surface area contributed by atoms with Gasteiger partial charge < -0.3 is 0 Å². The Bertz CT molecular complexity index is 388. The number of halogens is 2. The van der Waals surface area contributed by atoms with E-state index in [2.05, 4.69) is 15.9 Å². The van der Waals surface area contributed by atoms with Crippen molar-refractivity contribution in [3.8, 4) is 0 Å². The SMILES string of the molecule is CC(=O)CC(=O)c1cc(Br)ccc1F. The quantitative estimate of drug-likeness (QED) is 0.617. The summed E-state index contributed by atoms with van der Waals surface area (Å²) in [6.07, 6.45) is -0.257. The molecule has 0 amide bonds. The first-order valence-electron chi connectivity index (χ1n) is 3.98.